The molecule has 1 heterocycles. The van der Waals surface area contributed by atoms with Crippen LogP contribution in [0.3, 0.4) is 0 Å². The van der Waals surface area contributed by atoms with Gasteiger partial charge in [-0.3, -0.25) is 0 Å². The normalized spacial score (nSPS) is 11.9. The van der Waals surface area contributed by atoms with Gasteiger partial charge in [-0.15, -0.1) is 0 Å². The zero-order chi connectivity index (χ0) is 14.3. The maximum absolute atomic E-state index is 14.2. The molecule has 6 heteroatoms. The Kier molecular flexibility index (Phi) is 3.14. The molecule has 0 N–H and O–H groups in total. The van der Waals surface area contributed by atoms with Crippen molar-refractivity contribution in [3.8, 4) is 0 Å². The third-order valence-corrected chi connectivity index (χ3v) is 5.31. The van der Waals surface area contributed by atoms with Crippen LogP contribution in [0.15, 0.2) is 64.1 Å². The van der Waals surface area contributed by atoms with Gasteiger partial charge in [0.15, 0.2) is 5.82 Å². The van der Waals surface area contributed by atoms with Crippen LogP contribution in [0.1, 0.15) is 0 Å². The van der Waals surface area contributed by atoms with Gasteiger partial charge in [0.2, 0.25) is 0 Å². The number of aromatic nitrogens is 1. The van der Waals surface area contributed by atoms with Crippen LogP contribution in [0.4, 0.5) is 4.39 Å². The molecule has 2 aromatic carbocycles. The maximum atomic E-state index is 14.2. The number of hydrogen-bond donors (Lipinski definition) is 0. The fourth-order valence-corrected chi connectivity index (χ4v) is 3.74. The average Bonchev–Trinajstić information content (AvgIpc) is 2.89. The quantitative estimate of drug-likeness (QED) is 0.703. The molecule has 0 aliphatic carbocycles. The second-order valence-corrected chi connectivity index (χ2v) is 6.90. The van der Waals surface area contributed by atoms with Crippen LogP contribution in [-0.2, 0) is 10.0 Å². The first-order valence-electron chi connectivity index (χ1n) is 5.77. The molecule has 0 fully saturated rings. The lowest BCUT2D eigenvalue weighted by Gasteiger charge is -2.08. The van der Waals surface area contributed by atoms with Gasteiger partial charge in [-0.2, -0.15) is 0 Å². The molecule has 1 aromatic heterocycles. The Bertz CT molecular complexity index is 888. The minimum Gasteiger partial charge on any atom is -0.238 e. The number of halogens is 2. The van der Waals surface area contributed by atoms with Crippen LogP contribution in [0.5, 0.6) is 0 Å². The fourth-order valence-electron chi connectivity index (χ4n) is 2.04. The molecule has 0 atom stereocenters. The van der Waals surface area contributed by atoms with Gasteiger partial charge in [0.05, 0.1) is 9.37 Å². The molecule has 3 aromatic rings. The summed E-state index contributed by atoms with van der Waals surface area (Å²) in [6, 6.07) is 12.7. The van der Waals surface area contributed by atoms with E-state index in [4.69, 9.17) is 0 Å². The average molecular weight is 354 g/mol. The highest BCUT2D eigenvalue weighted by Crippen LogP contribution is 2.28. The highest BCUT2D eigenvalue weighted by molar-refractivity contribution is 9.10. The molecule has 20 heavy (non-hydrogen) atoms. The van der Waals surface area contributed by atoms with E-state index >= 15 is 0 Å². The van der Waals surface area contributed by atoms with Gasteiger partial charge in [-0.1, -0.05) is 24.3 Å². The summed E-state index contributed by atoms with van der Waals surface area (Å²) >= 11 is 3.08. The highest BCUT2D eigenvalue weighted by atomic mass is 79.9. The Morgan fingerprint density at radius 3 is 2.40 bits per heavy atom. The third-order valence-electron chi connectivity index (χ3n) is 3.01. The van der Waals surface area contributed by atoms with E-state index in [9.17, 15) is 12.8 Å². The summed E-state index contributed by atoms with van der Waals surface area (Å²) in [6.45, 7) is 0. The summed E-state index contributed by atoms with van der Waals surface area (Å²) in [4.78, 5) is 0.122. The van der Waals surface area contributed by atoms with Crippen LogP contribution < -0.4 is 0 Å². The molecule has 0 spiro atoms. The minimum atomic E-state index is -3.81. The van der Waals surface area contributed by atoms with E-state index in [1.807, 2.05) is 0 Å². The van der Waals surface area contributed by atoms with Crippen molar-refractivity contribution in [1.82, 2.24) is 3.97 Å². The van der Waals surface area contributed by atoms with Crippen molar-refractivity contribution >= 4 is 36.9 Å². The molecule has 0 aliphatic rings. The van der Waals surface area contributed by atoms with E-state index in [0.717, 1.165) is 3.97 Å². The zero-order valence-corrected chi connectivity index (χ0v) is 12.5. The number of nitrogens with zero attached hydrogens (tertiary/aromatic N) is 1. The van der Waals surface area contributed by atoms with Gasteiger partial charge in [0, 0.05) is 11.6 Å². The summed E-state index contributed by atoms with van der Waals surface area (Å²) < 4.78 is 40.5. The van der Waals surface area contributed by atoms with E-state index in [-0.39, 0.29) is 14.9 Å². The van der Waals surface area contributed by atoms with Gasteiger partial charge in [-0.25, -0.2) is 16.8 Å². The first-order valence-corrected chi connectivity index (χ1v) is 8.01. The number of rotatable bonds is 2. The molecular formula is C14H9BrFNO2S. The molecule has 3 rings (SSSR count). The van der Waals surface area contributed by atoms with E-state index in [2.05, 4.69) is 15.9 Å². The van der Waals surface area contributed by atoms with Crippen molar-refractivity contribution in [2.75, 3.05) is 0 Å². The van der Waals surface area contributed by atoms with E-state index in [0.29, 0.717) is 5.39 Å². The van der Waals surface area contributed by atoms with Crippen LogP contribution >= 0.6 is 15.9 Å². The summed E-state index contributed by atoms with van der Waals surface area (Å²) in [6.07, 6.45) is 1.36. The Balaban J connectivity index is 2.33. The molecule has 3 nitrogen and oxygen atoms in total. The van der Waals surface area contributed by atoms with Crippen LogP contribution in [0.25, 0.3) is 10.9 Å². The zero-order valence-electron chi connectivity index (χ0n) is 10.1. The Morgan fingerprint density at radius 1 is 1.00 bits per heavy atom. The molecule has 0 unspecified atom stereocenters. The lowest BCUT2D eigenvalue weighted by Crippen LogP contribution is -2.12. The van der Waals surface area contributed by atoms with Gasteiger partial charge >= 0.3 is 0 Å². The lowest BCUT2D eigenvalue weighted by atomic mass is 10.2. The first-order chi connectivity index (χ1) is 9.51. The summed E-state index contributed by atoms with van der Waals surface area (Å²) in [7, 11) is -3.81. The summed E-state index contributed by atoms with van der Waals surface area (Å²) in [5.41, 5.74) is 0.0447. The van der Waals surface area contributed by atoms with E-state index in [1.54, 1.807) is 36.4 Å². The van der Waals surface area contributed by atoms with Crippen LogP contribution in [0.2, 0.25) is 0 Å². The van der Waals surface area contributed by atoms with Gasteiger partial charge in [0.1, 0.15) is 5.52 Å². The third kappa shape index (κ3) is 1.96. The van der Waals surface area contributed by atoms with Crippen molar-refractivity contribution < 1.29 is 12.8 Å². The topological polar surface area (TPSA) is 39.1 Å². The molecule has 0 aliphatic heterocycles. The Morgan fingerprint density at radius 2 is 1.70 bits per heavy atom. The van der Waals surface area contributed by atoms with Crippen LogP contribution in [-0.4, -0.2) is 12.4 Å². The SMILES string of the molecule is O=S(=O)(c1ccccc1)n1ccc2ccc(Br)c(F)c21. The van der Waals surface area contributed by atoms with Gasteiger partial charge in [-0.05, 0) is 40.2 Å². The molecule has 0 saturated carbocycles. The number of benzene rings is 2. The Hall–Kier alpha value is -1.66. The molecule has 0 radical (unpaired) electrons. The molecular weight excluding hydrogens is 345 g/mol. The maximum Gasteiger partial charge on any atom is 0.268 e. The number of fused-ring (bicyclic) bond motifs is 1. The highest BCUT2D eigenvalue weighted by Gasteiger charge is 2.21. The second-order valence-electron chi connectivity index (χ2n) is 4.23. The molecule has 0 saturated heterocycles. The van der Waals surface area contributed by atoms with Crippen LogP contribution in [0, 0.1) is 5.82 Å². The molecule has 0 bridgehead atoms. The van der Waals surface area contributed by atoms with Gasteiger partial charge in [0.25, 0.3) is 10.0 Å². The molecule has 102 valence electrons. The smallest absolute Gasteiger partial charge is 0.238 e. The lowest BCUT2D eigenvalue weighted by molar-refractivity contribution is 0.585. The summed E-state index contributed by atoms with van der Waals surface area (Å²) in [5, 5.41) is 0.533. The minimum absolute atomic E-state index is 0.0447. The van der Waals surface area contributed by atoms with E-state index in [1.165, 1.54) is 18.3 Å². The largest absolute Gasteiger partial charge is 0.268 e. The second kappa shape index (κ2) is 4.71. The first kappa shape index (κ1) is 13.3. The predicted molar refractivity (Wildman–Crippen MR) is 78.6 cm³/mol. The van der Waals surface area contributed by atoms with Crippen molar-refractivity contribution in [2.24, 2.45) is 0 Å². The molecule has 0 amide bonds. The van der Waals surface area contributed by atoms with Crippen molar-refractivity contribution in [1.29, 1.82) is 0 Å². The fraction of sp³-hybridized carbons (Fsp3) is 0. The van der Waals surface area contributed by atoms with Crippen molar-refractivity contribution in [3.63, 3.8) is 0 Å². The van der Waals surface area contributed by atoms with E-state index < -0.39 is 15.8 Å². The predicted octanol–water partition coefficient (Wildman–Crippen LogP) is 3.78. The van der Waals surface area contributed by atoms with Crippen molar-refractivity contribution in [2.45, 2.75) is 4.90 Å². The van der Waals surface area contributed by atoms with Crippen molar-refractivity contribution in [3.05, 3.63) is 65.0 Å². The monoisotopic (exact) mass is 353 g/mol. The summed E-state index contributed by atoms with van der Waals surface area (Å²) in [5.74, 6) is -0.591. The van der Waals surface area contributed by atoms with Gasteiger partial charge < -0.3 is 0 Å². The number of hydrogen-bond acceptors (Lipinski definition) is 2. The standard InChI is InChI=1S/C14H9BrFNO2S/c15-12-7-6-10-8-9-17(14(10)13(12)16)20(18,19)11-4-2-1-3-5-11/h1-9H. The Labute approximate surface area is 123 Å².